The van der Waals surface area contributed by atoms with Gasteiger partial charge in [-0.15, -0.1) is 11.3 Å². The van der Waals surface area contributed by atoms with Crippen LogP contribution in [0.2, 0.25) is 0 Å². The van der Waals surface area contributed by atoms with Crippen molar-refractivity contribution in [1.82, 2.24) is 4.57 Å². The largest absolute Gasteiger partial charge is 0.313 e. The molecular formula is C22H23N3O2S. The van der Waals surface area contributed by atoms with Crippen molar-refractivity contribution >= 4 is 22.7 Å². The number of benzene rings is 2. The SMILES string of the molecule is Cc1ccc(-c2csc(=Nc3ccccc3[N+](=O)[O-])n2C2CCCC2)cc1C. The number of hydrogen-bond donors (Lipinski definition) is 0. The number of hydrogen-bond acceptors (Lipinski definition) is 4. The van der Waals surface area contributed by atoms with Crippen molar-refractivity contribution in [3.63, 3.8) is 0 Å². The maximum absolute atomic E-state index is 11.4. The van der Waals surface area contributed by atoms with Gasteiger partial charge in [-0.05, 0) is 55.5 Å². The Morgan fingerprint density at radius 1 is 1.11 bits per heavy atom. The first-order valence-electron chi connectivity index (χ1n) is 9.60. The summed E-state index contributed by atoms with van der Waals surface area (Å²) < 4.78 is 2.30. The van der Waals surface area contributed by atoms with Gasteiger partial charge in [0, 0.05) is 17.5 Å². The van der Waals surface area contributed by atoms with Crippen LogP contribution in [0.25, 0.3) is 11.3 Å². The molecule has 0 spiro atoms. The van der Waals surface area contributed by atoms with E-state index in [2.05, 4.69) is 42.0 Å². The Hall–Kier alpha value is -2.73. The summed E-state index contributed by atoms with van der Waals surface area (Å²) in [5.41, 5.74) is 5.32. The van der Waals surface area contributed by atoms with E-state index in [0.29, 0.717) is 11.7 Å². The lowest BCUT2D eigenvalue weighted by Crippen LogP contribution is -2.20. The summed E-state index contributed by atoms with van der Waals surface area (Å²) in [6, 6.07) is 13.6. The first-order chi connectivity index (χ1) is 13.5. The Morgan fingerprint density at radius 2 is 1.86 bits per heavy atom. The molecule has 1 fully saturated rings. The maximum atomic E-state index is 11.4. The smallest absolute Gasteiger partial charge is 0.294 e. The normalized spacial score (nSPS) is 15.3. The van der Waals surface area contributed by atoms with Crippen LogP contribution in [-0.2, 0) is 0 Å². The number of rotatable bonds is 4. The zero-order valence-corrected chi connectivity index (χ0v) is 16.9. The van der Waals surface area contributed by atoms with E-state index in [9.17, 15) is 10.1 Å². The van der Waals surface area contributed by atoms with E-state index in [1.165, 1.54) is 35.6 Å². The van der Waals surface area contributed by atoms with Crippen LogP contribution in [0, 0.1) is 24.0 Å². The van der Waals surface area contributed by atoms with Gasteiger partial charge < -0.3 is 4.57 Å². The predicted octanol–water partition coefficient (Wildman–Crippen LogP) is 6.09. The average molecular weight is 394 g/mol. The first kappa shape index (κ1) is 18.6. The lowest BCUT2D eigenvalue weighted by atomic mass is 10.0. The summed E-state index contributed by atoms with van der Waals surface area (Å²) >= 11 is 1.56. The summed E-state index contributed by atoms with van der Waals surface area (Å²) in [6.07, 6.45) is 4.67. The third kappa shape index (κ3) is 3.52. The van der Waals surface area contributed by atoms with Crippen molar-refractivity contribution in [1.29, 1.82) is 0 Å². The molecule has 1 saturated carbocycles. The van der Waals surface area contributed by atoms with Gasteiger partial charge >= 0.3 is 0 Å². The molecule has 0 unspecified atom stereocenters. The fraction of sp³-hybridized carbons (Fsp3) is 0.318. The molecule has 0 saturated heterocycles. The molecule has 0 radical (unpaired) electrons. The summed E-state index contributed by atoms with van der Waals surface area (Å²) in [5.74, 6) is 0. The van der Waals surface area contributed by atoms with E-state index in [0.717, 1.165) is 23.3 Å². The van der Waals surface area contributed by atoms with Crippen molar-refractivity contribution in [2.45, 2.75) is 45.6 Å². The van der Waals surface area contributed by atoms with E-state index >= 15 is 0 Å². The molecule has 1 aliphatic carbocycles. The van der Waals surface area contributed by atoms with Gasteiger partial charge in [-0.3, -0.25) is 10.1 Å². The second-order valence-corrected chi connectivity index (χ2v) is 8.21. The Balaban J connectivity index is 1.90. The first-order valence-corrected chi connectivity index (χ1v) is 10.5. The lowest BCUT2D eigenvalue weighted by Gasteiger charge is -2.16. The topological polar surface area (TPSA) is 60.4 Å². The van der Waals surface area contributed by atoms with E-state index in [1.54, 1.807) is 29.5 Å². The van der Waals surface area contributed by atoms with Gasteiger partial charge in [0.25, 0.3) is 5.69 Å². The van der Waals surface area contributed by atoms with Crippen LogP contribution in [0.3, 0.4) is 0 Å². The van der Waals surface area contributed by atoms with Gasteiger partial charge in [0.2, 0.25) is 0 Å². The third-order valence-corrected chi connectivity index (χ3v) is 6.37. The summed E-state index contributed by atoms with van der Waals surface area (Å²) in [6.45, 7) is 4.25. The Labute approximate surface area is 168 Å². The highest BCUT2D eigenvalue weighted by atomic mass is 32.1. The van der Waals surface area contributed by atoms with Crippen LogP contribution in [-0.4, -0.2) is 9.49 Å². The predicted molar refractivity (Wildman–Crippen MR) is 113 cm³/mol. The van der Waals surface area contributed by atoms with Crippen LogP contribution in [0.5, 0.6) is 0 Å². The minimum Gasteiger partial charge on any atom is -0.313 e. The molecule has 3 aromatic rings. The molecule has 2 aromatic carbocycles. The van der Waals surface area contributed by atoms with Gasteiger partial charge in [-0.1, -0.05) is 37.1 Å². The van der Waals surface area contributed by atoms with E-state index in [4.69, 9.17) is 4.99 Å². The van der Waals surface area contributed by atoms with Crippen LogP contribution in [0.1, 0.15) is 42.9 Å². The Bertz CT molecular complexity index is 1090. The van der Waals surface area contributed by atoms with Crippen molar-refractivity contribution < 1.29 is 4.92 Å². The van der Waals surface area contributed by atoms with Crippen molar-refractivity contribution in [2.75, 3.05) is 0 Å². The molecule has 0 N–H and O–H groups in total. The highest BCUT2D eigenvalue weighted by Gasteiger charge is 2.22. The van der Waals surface area contributed by atoms with Crippen molar-refractivity contribution in [3.05, 3.63) is 73.9 Å². The Kier molecular flexibility index (Phi) is 5.13. The second-order valence-electron chi connectivity index (χ2n) is 7.37. The van der Waals surface area contributed by atoms with Gasteiger partial charge in [-0.25, -0.2) is 4.99 Å². The second kappa shape index (κ2) is 7.72. The zero-order valence-electron chi connectivity index (χ0n) is 16.1. The molecule has 6 heteroatoms. The number of aromatic nitrogens is 1. The average Bonchev–Trinajstić information content (AvgIpc) is 3.34. The van der Waals surface area contributed by atoms with Crippen LogP contribution >= 0.6 is 11.3 Å². The Morgan fingerprint density at radius 3 is 2.57 bits per heavy atom. The summed E-state index contributed by atoms with van der Waals surface area (Å²) in [7, 11) is 0. The molecule has 0 amide bonds. The molecule has 0 atom stereocenters. The summed E-state index contributed by atoms with van der Waals surface area (Å²) in [4.78, 5) is 16.6. The maximum Gasteiger partial charge on any atom is 0.294 e. The number of nitrogens with zero attached hydrogens (tertiary/aromatic N) is 3. The molecule has 0 aliphatic heterocycles. The molecular weight excluding hydrogens is 370 g/mol. The van der Waals surface area contributed by atoms with Gasteiger partial charge in [0.1, 0.15) is 5.69 Å². The minimum atomic E-state index is -0.364. The van der Waals surface area contributed by atoms with E-state index in [1.807, 2.05) is 0 Å². The molecule has 0 bridgehead atoms. The highest BCUT2D eigenvalue weighted by Crippen LogP contribution is 2.34. The van der Waals surface area contributed by atoms with Crippen LogP contribution < -0.4 is 4.80 Å². The van der Waals surface area contributed by atoms with Gasteiger partial charge in [0.15, 0.2) is 4.80 Å². The van der Waals surface area contributed by atoms with E-state index < -0.39 is 0 Å². The standard InChI is InChI=1S/C22H23N3O2S/c1-15-11-12-17(13-16(15)2)21-14-28-22(24(21)18-7-3-4-8-18)23-19-9-5-6-10-20(19)25(26)27/h5-6,9-14,18H,3-4,7-8H2,1-2H3. The molecule has 1 aromatic heterocycles. The molecule has 144 valence electrons. The van der Waals surface area contributed by atoms with Crippen molar-refractivity contribution in [3.8, 4) is 11.3 Å². The number of nitro groups is 1. The number of para-hydroxylation sites is 2. The molecule has 4 rings (SSSR count). The van der Waals surface area contributed by atoms with Crippen LogP contribution in [0.4, 0.5) is 11.4 Å². The number of nitro benzene ring substituents is 1. The van der Waals surface area contributed by atoms with Gasteiger partial charge in [-0.2, -0.15) is 0 Å². The summed E-state index contributed by atoms with van der Waals surface area (Å²) in [5, 5.41) is 13.5. The molecule has 28 heavy (non-hydrogen) atoms. The number of thiazole rings is 1. The van der Waals surface area contributed by atoms with Gasteiger partial charge in [0.05, 0.1) is 10.6 Å². The third-order valence-electron chi connectivity index (χ3n) is 5.53. The van der Waals surface area contributed by atoms with Crippen LogP contribution in [0.15, 0.2) is 52.8 Å². The van der Waals surface area contributed by atoms with E-state index in [-0.39, 0.29) is 10.6 Å². The lowest BCUT2D eigenvalue weighted by molar-refractivity contribution is -0.384. The number of aryl methyl sites for hydroxylation is 2. The fourth-order valence-corrected chi connectivity index (χ4v) is 4.82. The monoisotopic (exact) mass is 393 g/mol. The molecule has 5 nitrogen and oxygen atoms in total. The minimum absolute atomic E-state index is 0.0432. The van der Waals surface area contributed by atoms with Crippen molar-refractivity contribution in [2.24, 2.45) is 4.99 Å². The molecule has 1 aliphatic rings. The fourth-order valence-electron chi connectivity index (χ4n) is 3.84. The quantitative estimate of drug-likeness (QED) is 0.398. The highest BCUT2D eigenvalue weighted by molar-refractivity contribution is 7.07. The molecule has 1 heterocycles. The zero-order chi connectivity index (χ0) is 19.7.